The first-order valence-corrected chi connectivity index (χ1v) is 5.95. The number of alkyl halides is 3. The summed E-state index contributed by atoms with van der Waals surface area (Å²) in [6.45, 7) is 0. The van der Waals surface area contributed by atoms with Crippen molar-refractivity contribution < 1.29 is 18.0 Å². The van der Waals surface area contributed by atoms with Crippen LogP contribution in [0.15, 0.2) is 28.9 Å². The van der Waals surface area contributed by atoms with Gasteiger partial charge in [0, 0.05) is 4.47 Å². The van der Waals surface area contributed by atoms with Crippen molar-refractivity contribution in [1.29, 1.82) is 0 Å². The number of hydrogen-bond acceptors (Lipinski definition) is 3. The molecule has 0 amide bonds. The molecule has 0 bridgehead atoms. The molecule has 9 heteroatoms. The van der Waals surface area contributed by atoms with Gasteiger partial charge < -0.3 is 0 Å². The van der Waals surface area contributed by atoms with Crippen LogP contribution in [0.1, 0.15) is 10.5 Å². The van der Waals surface area contributed by atoms with Crippen LogP contribution in [0, 0.1) is 0 Å². The van der Waals surface area contributed by atoms with Crippen LogP contribution in [0.2, 0.25) is 5.02 Å². The SMILES string of the molecule is O=C(c1cn(-c2cc(Br)ccc2Cl)nn1)C(F)(F)F. The number of carbonyl (C=O) groups is 1. The Hall–Kier alpha value is -1.41. The van der Waals surface area contributed by atoms with Gasteiger partial charge in [0.15, 0.2) is 5.69 Å². The molecule has 19 heavy (non-hydrogen) atoms. The summed E-state index contributed by atoms with van der Waals surface area (Å²) in [6.07, 6.45) is -4.11. The largest absolute Gasteiger partial charge is 0.456 e. The molecule has 0 fully saturated rings. The van der Waals surface area contributed by atoms with E-state index >= 15 is 0 Å². The molecule has 0 unspecified atom stereocenters. The van der Waals surface area contributed by atoms with E-state index in [-0.39, 0.29) is 5.02 Å². The Kier molecular flexibility index (Phi) is 3.64. The highest BCUT2D eigenvalue weighted by molar-refractivity contribution is 9.10. The second-order valence-electron chi connectivity index (χ2n) is 3.47. The van der Waals surface area contributed by atoms with Crippen molar-refractivity contribution in [1.82, 2.24) is 15.0 Å². The minimum atomic E-state index is -4.98. The van der Waals surface area contributed by atoms with Gasteiger partial charge in [0.1, 0.15) is 0 Å². The highest BCUT2D eigenvalue weighted by Gasteiger charge is 2.41. The summed E-state index contributed by atoms with van der Waals surface area (Å²) >= 11 is 9.09. The molecule has 0 aliphatic rings. The second-order valence-corrected chi connectivity index (χ2v) is 4.79. The van der Waals surface area contributed by atoms with E-state index in [1.54, 1.807) is 12.1 Å². The average Bonchev–Trinajstić information content (AvgIpc) is 2.79. The topological polar surface area (TPSA) is 47.8 Å². The lowest BCUT2D eigenvalue weighted by Crippen LogP contribution is -2.23. The van der Waals surface area contributed by atoms with Crippen LogP contribution in [-0.2, 0) is 0 Å². The van der Waals surface area contributed by atoms with Crippen molar-refractivity contribution >= 4 is 33.3 Å². The molecule has 4 nitrogen and oxygen atoms in total. The fourth-order valence-electron chi connectivity index (χ4n) is 1.29. The van der Waals surface area contributed by atoms with Crippen LogP contribution < -0.4 is 0 Å². The Morgan fingerprint density at radius 2 is 2.05 bits per heavy atom. The highest BCUT2D eigenvalue weighted by atomic mass is 79.9. The fourth-order valence-corrected chi connectivity index (χ4v) is 1.85. The predicted molar refractivity (Wildman–Crippen MR) is 64.5 cm³/mol. The Labute approximate surface area is 118 Å². The van der Waals surface area contributed by atoms with Gasteiger partial charge in [-0.3, -0.25) is 4.79 Å². The monoisotopic (exact) mass is 353 g/mol. The van der Waals surface area contributed by atoms with Gasteiger partial charge in [0.25, 0.3) is 5.78 Å². The smallest absolute Gasteiger partial charge is 0.282 e. The van der Waals surface area contributed by atoms with E-state index < -0.39 is 17.7 Å². The quantitative estimate of drug-likeness (QED) is 0.776. The molecule has 0 radical (unpaired) electrons. The third kappa shape index (κ3) is 2.95. The zero-order valence-corrected chi connectivity index (χ0v) is 11.3. The number of benzene rings is 1. The summed E-state index contributed by atoms with van der Waals surface area (Å²) in [5.74, 6) is -2.05. The van der Waals surface area contributed by atoms with E-state index in [2.05, 4.69) is 26.2 Å². The van der Waals surface area contributed by atoms with Crippen LogP contribution in [0.5, 0.6) is 0 Å². The van der Waals surface area contributed by atoms with Gasteiger partial charge in [-0.1, -0.05) is 32.7 Å². The van der Waals surface area contributed by atoms with Crippen LogP contribution >= 0.6 is 27.5 Å². The molecular formula is C10H4BrClF3N3O. The predicted octanol–water partition coefficient (Wildman–Crippen LogP) is 3.43. The first-order chi connectivity index (χ1) is 8.79. The second kappa shape index (κ2) is 4.93. The Morgan fingerprint density at radius 3 is 2.68 bits per heavy atom. The number of carbonyl (C=O) groups excluding carboxylic acids is 1. The number of halogens is 5. The molecule has 1 aromatic carbocycles. The summed E-state index contributed by atoms with van der Waals surface area (Å²) in [5.41, 5.74) is -0.478. The minimum Gasteiger partial charge on any atom is -0.282 e. The third-order valence-electron chi connectivity index (χ3n) is 2.14. The normalized spacial score (nSPS) is 11.6. The molecule has 0 saturated heterocycles. The van der Waals surface area contributed by atoms with Gasteiger partial charge >= 0.3 is 6.18 Å². The summed E-state index contributed by atoms with van der Waals surface area (Å²) in [6, 6.07) is 4.73. The lowest BCUT2D eigenvalue weighted by molar-refractivity contribution is -0.0888. The van der Waals surface area contributed by atoms with Gasteiger partial charge in [-0.2, -0.15) is 13.2 Å². The maximum absolute atomic E-state index is 12.2. The minimum absolute atomic E-state index is 0.263. The maximum atomic E-state index is 12.2. The van der Waals surface area contributed by atoms with Gasteiger partial charge in [0.2, 0.25) is 0 Å². The Bertz CT molecular complexity index is 641. The van der Waals surface area contributed by atoms with Gasteiger partial charge in [0.05, 0.1) is 16.9 Å². The number of nitrogens with zero attached hydrogens (tertiary/aromatic N) is 3. The molecule has 0 aliphatic carbocycles. The first-order valence-electron chi connectivity index (χ1n) is 4.78. The summed E-state index contributed by atoms with van der Waals surface area (Å²) < 4.78 is 38.4. The zero-order chi connectivity index (χ0) is 14.2. The zero-order valence-electron chi connectivity index (χ0n) is 8.95. The molecule has 0 aliphatic heterocycles. The molecule has 100 valence electrons. The van der Waals surface area contributed by atoms with Crippen LogP contribution in [0.4, 0.5) is 13.2 Å². The van der Waals surface area contributed by atoms with Crippen LogP contribution in [-0.4, -0.2) is 27.0 Å². The van der Waals surface area contributed by atoms with Crippen molar-refractivity contribution in [3.8, 4) is 5.69 Å². The van der Waals surface area contributed by atoms with E-state index in [9.17, 15) is 18.0 Å². The van der Waals surface area contributed by atoms with Crippen molar-refractivity contribution in [2.75, 3.05) is 0 Å². The summed E-state index contributed by atoms with van der Waals surface area (Å²) in [5, 5.41) is 6.93. The number of hydrogen-bond donors (Lipinski definition) is 0. The van der Waals surface area contributed by atoms with Gasteiger partial charge in [-0.05, 0) is 18.2 Å². The van der Waals surface area contributed by atoms with E-state index in [0.717, 1.165) is 10.9 Å². The molecule has 0 N–H and O–H groups in total. The molecule has 0 spiro atoms. The van der Waals surface area contributed by atoms with E-state index in [4.69, 9.17) is 11.6 Å². The van der Waals surface area contributed by atoms with E-state index in [1.165, 1.54) is 6.07 Å². The lowest BCUT2D eigenvalue weighted by atomic mass is 10.3. The number of aromatic nitrogens is 3. The summed E-state index contributed by atoms with van der Waals surface area (Å²) in [4.78, 5) is 11.0. The van der Waals surface area contributed by atoms with Crippen molar-refractivity contribution in [3.63, 3.8) is 0 Å². The first kappa shape index (κ1) is 14.0. The molecule has 1 heterocycles. The number of rotatable bonds is 2. The highest BCUT2D eigenvalue weighted by Crippen LogP contribution is 2.25. The van der Waals surface area contributed by atoms with Gasteiger partial charge in [-0.25, -0.2) is 4.68 Å². The van der Waals surface area contributed by atoms with Crippen molar-refractivity contribution in [2.45, 2.75) is 6.18 Å². The molecule has 2 rings (SSSR count). The maximum Gasteiger partial charge on any atom is 0.456 e. The molecular weight excluding hydrogens is 350 g/mol. The van der Waals surface area contributed by atoms with Crippen LogP contribution in [0.3, 0.4) is 0 Å². The molecule has 0 atom stereocenters. The average molecular weight is 355 g/mol. The third-order valence-corrected chi connectivity index (χ3v) is 2.95. The molecule has 1 aromatic heterocycles. The van der Waals surface area contributed by atoms with Crippen molar-refractivity contribution in [3.05, 3.63) is 39.6 Å². The van der Waals surface area contributed by atoms with Gasteiger partial charge in [-0.15, -0.1) is 5.10 Å². The standard InChI is InChI=1S/C10H4BrClF3N3O/c11-5-1-2-6(12)8(3-5)18-4-7(16-17-18)9(19)10(13,14)15/h1-4H. The number of ketones is 1. The fraction of sp³-hybridized carbons (Fsp3) is 0.100. The molecule has 2 aromatic rings. The number of Topliss-reactive ketones (excluding diaryl/α,β-unsaturated/α-hetero) is 1. The van der Waals surface area contributed by atoms with E-state index in [1.807, 2.05) is 0 Å². The van der Waals surface area contributed by atoms with Crippen LogP contribution in [0.25, 0.3) is 5.69 Å². The summed E-state index contributed by atoms with van der Waals surface area (Å²) in [7, 11) is 0. The Balaban J connectivity index is 2.42. The van der Waals surface area contributed by atoms with E-state index in [0.29, 0.717) is 10.2 Å². The van der Waals surface area contributed by atoms with Crippen molar-refractivity contribution in [2.24, 2.45) is 0 Å². The lowest BCUT2D eigenvalue weighted by Gasteiger charge is -2.03. The Morgan fingerprint density at radius 1 is 1.37 bits per heavy atom. The molecule has 0 saturated carbocycles.